The summed E-state index contributed by atoms with van der Waals surface area (Å²) in [6, 6.07) is 4.75. The van der Waals surface area contributed by atoms with Crippen LogP contribution in [0.2, 0.25) is 0 Å². The van der Waals surface area contributed by atoms with E-state index in [1.807, 2.05) is 13.0 Å². The summed E-state index contributed by atoms with van der Waals surface area (Å²) in [6.45, 7) is 3.89. The third-order valence-corrected chi connectivity index (χ3v) is 5.60. The highest BCUT2D eigenvalue weighted by molar-refractivity contribution is 5.96. The van der Waals surface area contributed by atoms with Crippen molar-refractivity contribution in [2.24, 2.45) is 0 Å². The minimum Gasteiger partial charge on any atom is -0.394 e. The first-order valence-corrected chi connectivity index (χ1v) is 11.0. The van der Waals surface area contributed by atoms with Gasteiger partial charge in [0, 0.05) is 41.2 Å². The number of benzene rings is 1. The molecule has 1 aliphatic rings. The van der Waals surface area contributed by atoms with E-state index in [1.54, 1.807) is 36.3 Å². The Morgan fingerprint density at radius 2 is 2.00 bits per heavy atom. The van der Waals surface area contributed by atoms with Crippen molar-refractivity contribution in [1.29, 1.82) is 0 Å². The normalized spacial score (nSPS) is 14.2. The number of rotatable bonds is 9. The number of aliphatic hydroxyl groups excluding tert-OH is 2. The number of nitrogens with one attached hydrogen (secondary N) is 2. The molecule has 1 saturated carbocycles. The Bertz CT molecular complexity index is 1160. The second-order valence-corrected chi connectivity index (χ2v) is 8.46. The third kappa shape index (κ3) is 5.20. The maximum absolute atomic E-state index is 14.6. The molecule has 1 atom stereocenters. The van der Waals surface area contributed by atoms with Gasteiger partial charge in [0.1, 0.15) is 11.6 Å². The predicted octanol–water partition coefficient (Wildman–Crippen LogP) is 2.74. The first-order valence-electron chi connectivity index (χ1n) is 11.0. The first-order chi connectivity index (χ1) is 15.9. The Morgan fingerprint density at radius 3 is 2.70 bits per heavy atom. The van der Waals surface area contributed by atoms with E-state index in [-0.39, 0.29) is 30.9 Å². The van der Waals surface area contributed by atoms with Gasteiger partial charge in [-0.25, -0.2) is 9.37 Å². The topological polar surface area (TPSA) is 112 Å². The van der Waals surface area contributed by atoms with Crippen LogP contribution in [0.15, 0.2) is 36.8 Å². The minimum atomic E-state index is -0.553. The Morgan fingerprint density at radius 1 is 1.21 bits per heavy atom. The van der Waals surface area contributed by atoms with Crippen LogP contribution in [0.5, 0.6) is 0 Å². The molecule has 174 valence electrons. The highest BCUT2D eigenvalue weighted by Crippen LogP contribution is 2.34. The number of hydrogen-bond acceptors (Lipinski definition) is 6. The number of carbonyl (C=O) groups excluding carboxylic acids is 1. The molecule has 0 radical (unpaired) electrons. The van der Waals surface area contributed by atoms with Crippen molar-refractivity contribution in [3.05, 3.63) is 53.7 Å². The molecule has 9 heteroatoms. The zero-order valence-electron chi connectivity index (χ0n) is 18.7. The van der Waals surface area contributed by atoms with Crippen LogP contribution in [-0.4, -0.2) is 56.2 Å². The number of pyridine rings is 1. The maximum Gasteiger partial charge on any atom is 0.254 e. The molecule has 3 aromatic rings. The van der Waals surface area contributed by atoms with Crippen molar-refractivity contribution in [3.8, 4) is 22.3 Å². The van der Waals surface area contributed by atoms with Crippen molar-refractivity contribution < 1.29 is 19.4 Å². The second-order valence-electron chi connectivity index (χ2n) is 8.46. The summed E-state index contributed by atoms with van der Waals surface area (Å²) in [4.78, 5) is 17.1. The Hall–Kier alpha value is -3.30. The molecule has 0 bridgehead atoms. The Balaban J connectivity index is 1.76. The van der Waals surface area contributed by atoms with E-state index in [9.17, 15) is 19.4 Å². The summed E-state index contributed by atoms with van der Waals surface area (Å²) >= 11 is 0. The van der Waals surface area contributed by atoms with Crippen molar-refractivity contribution in [2.45, 2.75) is 45.3 Å². The number of amides is 1. The van der Waals surface area contributed by atoms with Crippen molar-refractivity contribution in [2.75, 3.05) is 18.5 Å². The van der Waals surface area contributed by atoms with Gasteiger partial charge in [-0.3, -0.25) is 9.48 Å². The zero-order valence-corrected chi connectivity index (χ0v) is 18.7. The van der Waals surface area contributed by atoms with Crippen LogP contribution < -0.4 is 10.6 Å². The number of carbonyl (C=O) groups is 1. The third-order valence-electron chi connectivity index (χ3n) is 5.60. The fraction of sp³-hybridized carbons (Fsp3) is 0.375. The summed E-state index contributed by atoms with van der Waals surface area (Å²) in [5.41, 5.74) is 3.64. The quantitative estimate of drug-likeness (QED) is 0.396. The molecular formula is C24H28FN5O3. The molecule has 0 saturated heterocycles. The number of aromatic nitrogens is 3. The van der Waals surface area contributed by atoms with E-state index in [1.165, 1.54) is 6.07 Å². The number of aliphatic hydroxyl groups is 2. The lowest BCUT2D eigenvalue weighted by Crippen LogP contribution is -2.26. The van der Waals surface area contributed by atoms with Gasteiger partial charge in [0.25, 0.3) is 5.91 Å². The molecule has 1 aliphatic carbocycles. The van der Waals surface area contributed by atoms with E-state index in [4.69, 9.17) is 0 Å². The van der Waals surface area contributed by atoms with E-state index in [2.05, 4.69) is 20.7 Å². The average Bonchev–Trinajstić information content (AvgIpc) is 3.48. The number of halogens is 1. The molecule has 0 spiro atoms. The summed E-state index contributed by atoms with van der Waals surface area (Å²) < 4.78 is 16.2. The van der Waals surface area contributed by atoms with Gasteiger partial charge in [-0.05, 0) is 56.0 Å². The highest BCUT2D eigenvalue weighted by atomic mass is 19.1. The monoisotopic (exact) mass is 453 g/mol. The van der Waals surface area contributed by atoms with Crippen LogP contribution in [0.4, 0.5) is 10.2 Å². The maximum atomic E-state index is 14.6. The predicted molar refractivity (Wildman–Crippen MR) is 123 cm³/mol. The molecule has 0 unspecified atom stereocenters. The SMILES string of the molecule is Cc1cc(F)c(C(=O)NC2CC2)cc1-c1cnc(N[C@@H](C)CO)c(-c2cnn(CCO)c2)c1. The minimum absolute atomic E-state index is 0.0101. The summed E-state index contributed by atoms with van der Waals surface area (Å²) in [6.07, 6.45) is 6.99. The fourth-order valence-electron chi connectivity index (χ4n) is 3.60. The van der Waals surface area contributed by atoms with Crippen LogP contribution in [0.3, 0.4) is 0 Å². The zero-order chi connectivity index (χ0) is 23.5. The molecule has 1 fully saturated rings. The molecule has 33 heavy (non-hydrogen) atoms. The van der Waals surface area contributed by atoms with Gasteiger partial charge in [-0.2, -0.15) is 5.10 Å². The standard InChI is InChI=1S/C24H28FN5O3/c1-14-7-22(25)21(24(33)29-18-3-4-18)9-19(14)16-8-20(17-11-27-30(12-17)5-6-31)23(26-10-16)28-15(2)13-32/h7-12,15,18,31-32H,3-6,13H2,1-2H3,(H,26,28)(H,29,33)/t15-/m0/s1. The summed E-state index contributed by atoms with van der Waals surface area (Å²) in [5.74, 6) is -0.400. The first kappa shape index (κ1) is 22.9. The molecular weight excluding hydrogens is 425 g/mol. The van der Waals surface area contributed by atoms with Crippen molar-refractivity contribution >= 4 is 11.7 Å². The van der Waals surface area contributed by atoms with E-state index in [0.717, 1.165) is 29.5 Å². The lowest BCUT2D eigenvalue weighted by Gasteiger charge is -2.17. The molecule has 0 aliphatic heterocycles. The van der Waals surface area contributed by atoms with Crippen LogP contribution in [0.25, 0.3) is 22.3 Å². The number of nitrogens with zero attached hydrogens (tertiary/aromatic N) is 3. The van der Waals surface area contributed by atoms with Gasteiger partial charge in [0.05, 0.1) is 31.5 Å². The van der Waals surface area contributed by atoms with Crippen molar-refractivity contribution in [1.82, 2.24) is 20.1 Å². The van der Waals surface area contributed by atoms with Gasteiger partial charge in [0.15, 0.2) is 0 Å². The summed E-state index contributed by atoms with van der Waals surface area (Å²) in [5, 5.41) is 29.0. The lowest BCUT2D eigenvalue weighted by atomic mass is 9.96. The van der Waals surface area contributed by atoms with Gasteiger partial charge in [0.2, 0.25) is 0 Å². The van der Waals surface area contributed by atoms with Crippen LogP contribution in [0, 0.1) is 12.7 Å². The Labute approximate surface area is 191 Å². The van der Waals surface area contributed by atoms with E-state index >= 15 is 0 Å². The second kappa shape index (κ2) is 9.68. The van der Waals surface area contributed by atoms with Crippen LogP contribution in [0.1, 0.15) is 35.7 Å². The molecule has 1 amide bonds. The summed E-state index contributed by atoms with van der Waals surface area (Å²) in [7, 11) is 0. The Kier molecular flexibility index (Phi) is 6.71. The number of aryl methyl sites for hydroxylation is 1. The molecule has 8 nitrogen and oxygen atoms in total. The lowest BCUT2D eigenvalue weighted by molar-refractivity contribution is 0.0947. The number of anilines is 1. The van der Waals surface area contributed by atoms with Gasteiger partial charge >= 0.3 is 0 Å². The highest BCUT2D eigenvalue weighted by Gasteiger charge is 2.26. The smallest absolute Gasteiger partial charge is 0.254 e. The van der Waals surface area contributed by atoms with Crippen LogP contribution in [-0.2, 0) is 6.54 Å². The fourth-order valence-corrected chi connectivity index (χ4v) is 3.60. The van der Waals surface area contributed by atoms with E-state index in [0.29, 0.717) is 23.5 Å². The molecule has 4 N–H and O–H groups in total. The van der Waals surface area contributed by atoms with Gasteiger partial charge < -0.3 is 20.8 Å². The molecule has 1 aromatic carbocycles. The average molecular weight is 454 g/mol. The van der Waals surface area contributed by atoms with Crippen LogP contribution >= 0.6 is 0 Å². The van der Waals surface area contributed by atoms with Gasteiger partial charge in [-0.15, -0.1) is 0 Å². The van der Waals surface area contributed by atoms with Gasteiger partial charge in [-0.1, -0.05) is 0 Å². The number of hydrogen-bond donors (Lipinski definition) is 4. The van der Waals surface area contributed by atoms with E-state index < -0.39 is 11.7 Å². The molecule has 4 rings (SSSR count). The molecule has 2 heterocycles. The largest absolute Gasteiger partial charge is 0.394 e. The van der Waals surface area contributed by atoms with Crippen molar-refractivity contribution in [3.63, 3.8) is 0 Å². The molecule has 2 aromatic heterocycles.